The maximum absolute atomic E-state index is 12.5. The molecule has 0 spiro atoms. The standard InChI is InChI=1S/C12H25N3O2S2/c1-18-12-6-5-10(8-12)14-19(16,17)15-7-3-2-4-11(15)9-13/h10-12,14H,2-9,13H2,1H3. The monoisotopic (exact) mass is 307 g/mol. The summed E-state index contributed by atoms with van der Waals surface area (Å²) < 4.78 is 29.4. The van der Waals surface area contributed by atoms with Crippen molar-refractivity contribution in [1.82, 2.24) is 9.03 Å². The number of nitrogens with zero attached hydrogens (tertiary/aromatic N) is 1. The molecule has 1 heterocycles. The van der Waals surface area contributed by atoms with Crippen LogP contribution in [0.2, 0.25) is 0 Å². The summed E-state index contributed by atoms with van der Waals surface area (Å²) in [4.78, 5) is 0. The molecule has 2 aliphatic rings. The molecule has 0 aromatic rings. The van der Waals surface area contributed by atoms with Gasteiger partial charge in [-0.15, -0.1) is 0 Å². The molecule has 1 aliphatic heterocycles. The summed E-state index contributed by atoms with van der Waals surface area (Å²) in [6.07, 6.45) is 8.00. The van der Waals surface area contributed by atoms with Gasteiger partial charge in [-0.3, -0.25) is 0 Å². The molecule has 112 valence electrons. The van der Waals surface area contributed by atoms with E-state index < -0.39 is 10.2 Å². The van der Waals surface area contributed by atoms with Crippen LogP contribution in [0.1, 0.15) is 38.5 Å². The third kappa shape index (κ3) is 3.85. The van der Waals surface area contributed by atoms with Gasteiger partial charge in [0.25, 0.3) is 10.2 Å². The molecule has 0 radical (unpaired) electrons. The average Bonchev–Trinajstić information content (AvgIpc) is 2.85. The molecule has 1 saturated carbocycles. The highest BCUT2D eigenvalue weighted by Crippen LogP contribution is 2.29. The third-order valence-corrected chi connectivity index (χ3v) is 7.01. The van der Waals surface area contributed by atoms with Gasteiger partial charge in [0.2, 0.25) is 0 Å². The molecular weight excluding hydrogens is 282 g/mol. The van der Waals surface area contributed by atoms with Crippen LogP contribution in [0.15, 0.2) is 0 Å². The first-order valence-electron chi connectivity index (χ1n) is 7.08. The van der Waals surface area contributed by atoms with Crippen LogP contribution in [0.25, 0.3) is 0 Å². The van der Waals surface area contributed by atoms with Gasteiger partial charge in [-0.2, -0.15) is 29.2 Å². The van der Waals surface area contributed by atoms with E-state index >= 15 is 0 Å². The Bertz CT molecular complexity index is 388. The SMILES string of the molecule is CSC1CCC(NS(=O)(=O)N2CCCCC2CN)C1. The van der Waals surface area contributed by atoms with E-state index in [1.165, 1.54) is 0 Å². The lowest BCUT2D eigenvalue weighted by Crippen LogP contribution is -2.53. The molecule has 7 heteroatoms. The lowest BCUT2D eigenvalue weighted by Gasteiger charge is -2.34. The van der Waals surface area contributed by atoms with Crippen molar-refractivity contribution in [1.29, 1.82) is 0 Å². The number of nitrogens with two attached hydrogens (primary N) is 1. The molecule has 2 fully saturated rings. The van der Waals surface area contributed by atoms with Gasteiger partial charge < -0.3 is 5.73 Å². The molecule has 0 aromatic heterocycles. The second-order valence-electron chi connectivity index (χ2n) is 5.49. The lowest BCUT2D eigenvalue weighted by atomic mass is 10.1. The molecule has 3 unspecified atom stereocenters. The van der Waals surface area contributed by atoms with Crippen LogP contribution in [0.4, 0.5) is 0 Å². The van der Waals surface area contributed by atoms with Crippen molar-refractivity contribution in [2.45, 2.75) is 55.9 Å². The molecule has 19 heavy (non-hydrogen) atoms. The van der Waals surface area contributed by atoms with E-state index in [0.29, 0.717) is 18.3 Å². The largest absolute Gasteiger partial charge is 0.329 e. The van der Waals surface area contributed by atoms with E-state index in [9.17, 15) is 8.42 Å². The van der Waals surface area contributed by atoms with Gasteiger partial charge in [-0.1, -0.05) is 6.42 Å². The Hall–Kier alpha value is 0.180. The molecule has 0 amide bonds. The summed E-state index contributed by atoms with van der Waals surface area (Å²) in [5.74, 6) is 0. The van der Waals surface area contributed by atoms with E-state index in [1.807, 2.05) is 11.8 Å². The predicted octanol–water partition coefficient (Wildman–Crippen LogP) is 0.918. The van der Waals surface area contributed by atoms with Crippen molar-refractivity contribution in [3.63, 3.8) is 0 Å². The highest BCUT2D eigenvalue weighted by Gasteiger charge is 2.34. The fraction of sp³-hybridized carbons (Fsp3) is 1.00. The van der Waals surface area contributed by atoms with Gasteiger partial charge in [-0.05, 0) is 38.4 Å². The predicted molar refractivity (Wildman–Crippen MR) is 80.4 cm³/mol. The molecule has 2 rings (SSSR count). The van der Waals surface area contributed by atoms with Crippen molar-refractivity contribution < 1.29 is 8.42 Å². The van der Waals surface area contributed by atoms with Crippen LogP contribution in [0.3, 0.4) is 0 Å². The van der Waals surface area contributed by atoms with E-state index in [1.54, 1.807) is 4.31 Å². The smallest absolute Gasteiger partial charge is 0.279 e. The minimum absolute atomic E-state index is 0.0241. The Balaban J connectivity index is 1.97. The number of nitrogens with one attached hydrogen (secondary N) is 1. The third-order valence-electron chi connectivity index (χ3n) is 4.19. The summed E-state index contributed by atoms with van der Waals surface area (Å²) in [5.41, 5.74) is 5.70. The summed E-state index contributed by atoms with van der Waals surface area (Å²) in [5, 5.41) is 0.597. The van der Waals surface area contributed by atoms with E-state index in [4.69, 9.17) is 5.73 Å². The summed E-state index contributed by atoms with van der Waals surface area (Å²) >= 11 is 1.83. The summed E-state index contributed by atoms with van der Waals surface area (Å²) in [6.45, 7) is 1.02. The van der Waals surface area contributed by atoms with Gasteiger partial charge in [0.1, 0.15) is 0 Å². The van der Waals surface area contributed by atoms with Crippen LogP contribution in [0.5, 0.6) is 0 Å². The summed E-state index contributed by atoms with van der Waals surface area (Å²) in [7, 11) is -3.37. The molecule has 3 atom stereocenters. The van der Waals surface area contributed by atoms with Gasteiger partial charge in [0.05, 0.1) is 0 Å². The first-order chi connectivity index (χ1) is 9.06. The molecule has 1 saturated heterocycles. The van der Waals surface area contributed by atoms with E-state index in [2.05, 4.69) is 11.0 Å². The first kappa shape index (κ1) is 15.6. The van der Waals surface area contributed by atoms with Crippen molar-refractivity contribution in [2.75, 3.05) is 19.3 Å². The van der Waals surface area contributed by atoms with Gasteiger partial charge in [0, 0.05) is 30.4 Å². The highest BCUT2D eigenvalue weighted by atomic mass is 32.2. The lowest BCUT2D eigenvalue weighted by molar-refractivity contribution is 0.253. The quantitative estimate of drug-likeness (QED) is 0.792. The zero-order chi connectivity index (χ0) is 13.9. The van der Waals surface area contributed by atoms with E-state index in [-0.39, 0.29) is 12.1 Å². The number of hydrogen-bond acceptors (Lipinski definition) is 4. The molecule has 0 bridgehead atoms. The van der Waals surface area contributed by atoms with Crippen molar-refractivity contribution in [2.24, 2.45) is 5.73 Å². The zero-order valence-corrected chi connectivity index (χ0v) is 13.2. The van der Waals surface area contributed by atoms with Crippen LogP contribution < -0.4 is 10.5 Å². The molecule has 5 nitrogen and oxygen atoms in total. The second-order valence-corrected chi connectivity index (χ2v) is 8.28. The van der Waals surface area contributed by atoms with Crippen molar-refractivity contribution >= 4 is 22.0 Å². The molecule has 3 N–H and O–H groups in total. The Morgan fingerprint density at radius 2 is 2.11 bits per heavy atom. The van der Waals surface area contributed by atoms with Crippen LogP contribution in [0, 0.1) is 0 Å². The minimum Gasteiger partial charge on any atom is -0.329 e. The summed E-state index contributed by atoms with van der Waals surface area (Å²) in [6, 6.07) is 0.0757. The molecule has 0 aromatic carbocycles. The maximum atomic E-state index is 12.5. The second kappa shape index (κ2) is 6.76. The maximum Gasteiger partial charge on any atom is 0.279 e. The fourth-order valence-corrected chi connectivity index (χ4v) is 5.59. The molecule has 1 aliphatic carbocycles. The Morgan fingerprint density at radius 3 is 2.74 bits per heavy atom. The van der Waals surface area contributed by atoms with Crippen LogP contribution >= 0.6 is 11.8 Å². The molecular formula is C12H25N3O2S2. The average molecular weight is 307 g/mol. The number of thioether (sulfide) groups is 1. The number of piperidine rings is 1. The Morgan fingerprint density at radius 1 is 1.32 bits per heavy atom. The normalized spacial score (nSPS) is 33.7. The van der Waals surface area contributed by atoms with Crippen LogP contribution in [-0.2, 0) is 10.2 Å². The van der Waals surface area contributed by atoms with Crippen molar-refractivity contribution in [3.05, 3.63) is 0 Å². The van der Waals surface area contributed by atoms with Crippen molar-refractivity contribution in [3.8, 4) is 0 Å². The Kier molecular flexibility index (Phi) is 5.54. The highest BCUT2D eigenvalue weighted by molar-refractivity contribution is 7.99. The van der Waals surface area contributed by atoms with Gasteiger partial charge >= 0.3 is 0 Å². The minimum atomic E-state index is -3.37. The van der Waals surface area contributed by atoms with Gasteiger partial charge in [0.15, 0.2) is 0 Å². The number of hydrogen-bond donors (Lipinski definition) is 2. The van der Waals surface area contributed by atoms with Crippen LogP contribution in [-0.4, -0.2) is 49.4 Å². The topological polar surface area (TPSA) is 75.4 Å². The van der Waals surface area contributed by atoms with Gasteiger partial charge in [-0.25, -0.2) is 0 Å². The Labute approximate surface area is 120 Å². The first-order valence-corrected chi connectivity index (χ1v) is 9.81. The number of rotatable bonds is 5. The zero-order valence-electron chi connectivity index (χ0n) is 11.5. The fourth-order valence-electron chi connectivity index (χ4n) is 3.07. The van der Waals surface area contributed by atoms with E-state index in [0.717, 1.165) is 38.5 Å².